The van der Waals surface area contributed by atoms with Gasteiger partial charge in [-0.25, -0.2) is 0 Å². The van der Waals surface area contributed by atoms with Crippen LogP contribution in [0.25, 0.3) is 0 Å². The number of thiol groups is 1. The number of halogens is 1. The van der Waals surface area contributed by atoms with Crippen molar-refractivity contribution >= 4 is 30.1 Å². The Morgan fingerprint density at radius 2 is 2.12 bits per heavy atom. The van der Waals surface area contributed by atoms with Crippen molar-refractivity contribution in [3.8, 4) is 0 Å². The van der Waals surface area contributed by atoms with Crippen LogP contribution in [0, 0.1) is 0 Å². The topological polar surface area (TPSA) is 20.3 Å². The Labute approximate surface area is 113 Å². The molecular weight excluding hydrogens is 254 g/mol. The molecule has 0 radical (unpaired) electrons. The van der Waals surface area contributed by atoms with Gasteiger partial charge in [0, 0.05) is 18.5 Å². The molecule has 0 aromatic heterocycles. The van der Waals surface area contributed by atoms with Gasteiger partial charge < -0.3 is 4.90 Å². The largest absolute Gasteiger partial charge is 0.342 e. The van der Waals surface area contributed by atoms with E-state index in [-0.39, 0.29) is 5.91 Å². The number of rotatable bonds is 5. The molecule has 1 aromatic carbocycles. The minimum atomic E-state index is -0.0398. The maximum absolute atomic E-state index is 12.1. The first kappa shape index (κ1) is 14.4. The molecule has 0 saturated carbocycles. The fourth-order valence-corrected chi connectivity index (χ4v) is 1.99. The van der Waals surface area contributed by atoms with Crippen LogP contribution in [-0.2, 0) is 0 Å². The lowest BCUT2D eigenvalue weighted by Gasteiger charge is -2.17. The van der Waals surface area contributed by atoms with Crippen molar-refractivity contribution in [1.82, 2.24) is 4.90 Å². The van der Waals surface area contributed by atoms with Crippen molar-refractivity contribution in [2.24, 2.45) is 0 Å². The molecule has 0 aliphatic rings. The molecule has 94 valence electrons. The van der Waals surface area contributed by atoms with Gasteiger partial charge in [0.05, 0.1) is 10.6 Å². The molecule has 0 spiro atoms. The Kier molecular flexibility index (Phi) is 5.86. The van der Waals surface area contributed by atoms with E-state index in [0.29, 0.717) is 10.6 Å². The summed E-state index contributed by atoms with van der Waals surface area (Å²) in [5.41, 5.74) is 0.526. The van der Waals surface area contributed by atoms with E-state index in [1.807, 2.05) is 0 Å². The Balaban J connectivity index is 2.71. The van der Waals surface area contributed by atoms with Gasteiger partial charge in [-0.05, 0) is 24.6 Å². The number of unbranched alkanes of at least 4 members (excludes halogenated alkanes) is 2. The predicted molar refractivity (Wildman–Crippen MR) is 75.2 cm³/mol. The van der Waals surface area contributed by atoms with Crippen molar-refractivity contribution in [2.45, 2.75) is 31.1 Å². The standard InChI is InChI=1S/C13H18ClNOS/c1-3-4-5-8-15(2)13(16)11-9-10(17)6-7-12(11)14/h6-7,9,17H,3-5,8H2,1-2H3. The Morgan fingerprint density at radius 1 is 1.41 bits per heavy atom. The Bertz CT molecular complexity index is 395. The Morgan fingerprint density at radius 3 is 2.76 bits per heavy atom. The molecule has 1 rings (SSSR count). The summed E-state index contributed by atoms with van der Waals surface area (Å²) in [5.74, 6) is -0.0398. The van der Waals surface area contributed by atoms with E-state index in [0.717, 1.165) is 30.7 Å². The number of carbonyl (C=O) groups is 1. The van der Waals surface area contributed by atoms with Crippen LogP contribution >= 0.6 is 24.2 Å². The molecule has 0 fully saturated rings. The number of nitrogens with zero attached hydrogens (tertiary/aromatic N) is 1. The van der Waals surface area contributed by atoms with Crippen LogP contribution in [0.3, 0.4) is 0 Å². The van der Waals surface area contributed by atoms with Crippen molar-refractivity contribution in [2.75, 3.05) is 13.6 Å². The molecule has 0 atom stereocenters. The van der Waals surface area contributed by atoms with Crippen molar-refractivity contribution < 1.29 is 4.79 Å². The molecule has 0 heterocycles. The molecule has 1 amide bonds. The molecule has 0 saturated heterocycles. The number of carbonyl (C=O) groups excluding carboxylic acids is 1. The molecule has 4 heteroatoms. The zero-order valence-electron chi connectivity index (χ0n) is 10.2. The molecule has 0 aliphatic heterocycles. The zero-order valence-corrected chi connectivity index (χ0v) is 11.9. The maximum atomic E-state index is 12.1. The average Bonchev–Trinajstić information content (AvgIpc) is 2.31. The number of amides is 1. The molecule has 0 bridgehead atoms. The van der Waals surface area contributed by atoms with E-state index in [1.165, 1.54) is 0 Å². The van der Waals surface area contributed by atoms with Crippen LogP contribution in [0.1, 0.15) is 36.5 Å². The summed E-state index contributed by atoms with van der Waals surface area (Å²) >= 11 is 10.2. The number of benzene rings is 1. The first-order valence-electron chi connectivity index (χ1n) is 5.80. The summed E-state index contributed by atoms with van der Waals surface area (Å²) in [6.07, 6.45) is 3.31. The maximum Gasteiger partial charge on any atom is 0.255 e. The average molecular weight is 272 g/mol. The monoisotopic (exact) mass is 271 g/mol. The second-order valence-corrected chi connectivity index (χ2v) is 5.02. The van der Waals surface area contributed by atoms with E-state index in [4.69, 9.17) is 11.6 Å². The lowest BCUT2D eigenvalue weighted by atomic mass is 10.2. The van der Waals surface area contributed by atoms with Gasteiger partial charge in [0.1, 0.15) is 0 Å². The number of hydrogen-bond donors (Lipinski definition) is 1. The Hall–Kier alpha value is -0.670. The van der Waals surface area contributed by atoms with Crippen molar-refractivity contribution in [1.29, 1.82) is 0 Å². The normalized spacial score (nSPS) is 10.4. The summed E-state index contributed by atoms with van der Waals surface area (Å²) in [5, 5.41) is 0.482. The molecule has 17 heavy (non-hydrogen) atoms. The summed E-state index contributed by atoms with van der Waals surface area (Å²) in [4.78, 5) is 14.6. The third-order valence-electron chi connectivity index (χ3n) is 2.62. The summed E-state index contributed by atoms with van der Waals surface area (Å²) in [6, 6.07) is 5.19. The lowest BCUT2D eigenvalue weighted by molar-refractivity contribution is 0.0792. The highest BCUT2D eigenvalue weighted by Gasteiger charge is 2.14. The molecule has 0 unspecified atom stereocenters. The summed E-state index contributed by atoms with van der Waals surface area (Å²) < 4.78 is 0. The SMILES string of the molecule is CCCCCN(C)C(=O)c1cc(S)ccc1Cl. The molecule has 2 nitrogen and oxygen atoms in total. The van der Waals surface area contributed by atoms with Gasteiger partial charge in [0.25, 0.3) is 5.91 Å². The van der Waals surface area contributed by atoms with Gasteiger partial charge in [-0.3, -0.25) is 4.79 Å². The molecule has 1 aromatic rings. The van der Waals surface area contributed by atoms with Gasteiger partial charge in [-0.2, -0.15) is 0 Å². The summed E-state index contributed by atoms with van der Waals surface area (Å²) in [6.45, 7) is 2.91. The second-order valence-electron chi connectivity index (χ2n) is 4.10. The minimum absolute atomic E-state index is 0.0398. The third-order valence-corrected chi connectivity index (χ3v) is 3.23. The summed E-state index contributed by atoms with van der Waals surface area (Å²) in [7, 11) is 1.81. The highest BCUT2D eigenvalue weighted by Crippen LogP contribution is 2.21. The van der Waals surface area contributed by atoms with Crippen LogP contribution in [0.2, 0.25) is 5.02 Å². The van der Waals surface area contributed by atoms with E-state index in [1.54, 1.807) is 30.1 Å². The quantitative estimate of drug-likeness (QED) is 0.636. The second kappa shape index (κ2) is 6.92. The van der Waals surface area contributed by atoms with E-state index < -0.39 is 0 Å². The fourth-order valence-electron chi connectivity index (χ4n) is 1.58. The highest BCUT2D eigenvalue weighted by molar-refractivity contribution is 7.80. The van der Waals surface area contributed by atoms with Crippen LogP contribution < -0.4 is 0 Å². The third kappa shape index (κ3) is 4.25. The van der Waals surface area contributed by atoms with Crippen LogP contribution in [0.4, 0.5) is 0 Å². The first-order chi connectivity index (χ1) is 8.06. The van der Waals surface area contributed by atoms with Crippen molar-refractivity contribution in [3.05, 3.63) is 28.8 Å². The van der Waals surface area contributed by atoms with Crippen LogP contribution in [-0.4, -0.2) is 24.4 Å². The van der Waals surface area contributed by atoms with Gasteiger partial charge in [0.15, 0.2) is 0 Å². The predicted octanol–water partition coefficient (Wildman–Crippen LogP) is 3.89. The van der Waals surface area contributed by atoms with Gasteiger partial charge in [-0.1, -0.05) is 31.4 Å². The first-order valence-corrected chi connectivity index (χ1v) is 6.62. The lowest BCUT2D eigenvalue weighted by Crippen LogP contribution is -2.28. The zero-order chi connectivity index (χ0) is 12.8. The molecular formula is C13H18ClNOS. The van der Waals surface area contributed by atoms with Gasteiger partial charge in [0.2, 0.25) is 0 Å². The van der Waals surface area contributed by atoms with Gasteiger partial charge in [-0.15, -0.1) is 12.6 Å². The fraction of sp³-hybridized carbons (Fsp3) is 0.462. The van der Waals surface area contributed by atoms with E-state index >= 15 is 0 Å². The molecule has 0 N–H and O–H groups in total. The van der Waals surface area contributed by atoms with Crippen LogP contribution in [0.5, 0.6) is 0 Å². The smallest absolute Gasteiger partial charge is 0.255 e. The molecule has 0 aliphatic carbocycles. The van der Waals surface area contributed by atoms with Gasteiger partial charge >= 0.3 is 0 Å². The highest BCUT2D eigenvalue weighted by atomic mass is 35.5. The van der Waals surface area contributed by atoms with Crippen LogP contribution in [0.15, 0.2) is 23.1 Å². The van der Waals surface area contributed by atoms with E-state index in [9.17, 15) is 4.79 Å². The minimum Gasteiger partial charge on any atom is -0.342 e. The van der Waals surface area contributed by atoms with E-state index in [2.05, 4.69) is 19.6 Å². The number of hydrogen-bond acceptors (Lipinski definition) is 2. The van der Waals surface area contributed by atoms with Crippen molar-refractivity contribution in [3.63, 3.8) is 0 Å².